The Kier molecular flexibility index (Phi) is 2.86. The molecule has 4 rings (SSSR count). The number of pyridine rings is 1. The first-order chi connectivity index (χ1) is 9.72. The molecule has 20 heavy (non-hydrogen) atoms. The van der Waals surface area contributed by atoms with Gasteiger partial charge in [-0.3, -0.25) is 0 Å². The van der Waals surface area contributed by atoms with Crippen molar-refractivity contribution in [2.24, 2.45) is 5.92 Å². The molecular formula is C15H23N5. The van der Waals surface area contributed by atoms with Crippen LogP contribution >= 0.6 is 0 Å². The minimum absolute atomic E-state index is 0.481. The van der Waals surface area contributed by atoms with Crippen LogP contribution < -0.4 is 16.0 Å². The van der Waals surface area contributed by atoms with Crippen molar-refractivity contribution in [3.05, 3.63) is 17.8 Å². The molecule has 108 valence electrons. The van der Waals surface area contributed by atoms with Gasteiger partial charge in [0.15, 0.2) is 0 Å². The summed E-state index contributed by atoms with van der Waals surface area (Å²) in [6, 6.07) is 5.60. The highest BCUT2D eigenvalue weighted by atomic mass is 15.2. The van der Waals surface area contributed by atoms with Gasteiger partial charge in [-0.25, -0.2) is 4.98 Å². The van der Waals surface area contributed by atoms with E-state index in [0.29, 0.717) is 18.0 Å². The summed E-state index contributed by atoms with van der Waals surface area (Å²) in [5, 5.41) is 10.6. The van der Waals surface area contributed by atoms with Crippen LogP contribution in [-0.4, -0.2) is 55.7 Å². The number of anilines is 2. The molecule has 2 fully saturated rings. The number of rotatable bonds is 2. The Morgan fingerprint density at radius 2 is 2.10 bits per heavy atom. The molecule has 3 aliphatic rings. The number of likely N-dealkylation sites (N-methyl/N-ethyl adjacent to an activating group) is 1. The maximum Gasteiger partial charge on any atom is 0.149 e. The molecule has 1 aliphatic carbocycles. The van der Waals surface area contributed by atoms with Crippen LogP contribution in [0.4, 0.5) is 11.5 Å². The summed E-state index contributed by atoms with van der Waals surface area (Å²) in [4.78, 5) is 7.21. The molecule has 4 atom stereocenters. The van der Waals surface area contributed by atoms with Crippen molar-refractivity contribution in [3.63, 3.8) is 0 Å². The first-order valence-corrected chi connectivity index (χ1v) is 7.61. The highest BCUT2D eigenvalue weighted by Crippen LogP contribution is 2.39. The summed E-state index contributed by atoms with van der Waals surface area (Å²) in [5.41, 5.74) is 2.38. The van der Waals surface area contributed by atoms with Gasteiger partial charge in [-0.05, 0) is 38.6 Å². The van der Waals surface area contributed by atoms with Gasteiger partial charge in [0.05, 0.1) is 5.69 Å². The Hall–Kier alpha value is -1.33. The van der Waals surface area contributed by atoms with Gasteiger partial charge < -0.3 is 20.9 Å². The van der Waals surface area contributed by atoms with Gasteiger partial charge in [-0.15, -0.1) is 0 Å². The van der Waals surface area contributed by atoms with E-state index < -0.39 is 0 Å². The Bertz CT molecular complexity index is 515. The second-order valence-corrected chi connectivity index (χ2v) is 6.56. The zero-order valence-corrected chi connectivity index (χ0v) is 12.2. The summed E-state index contributed by atoms with van der Waals surface area (Å²) in [6.07, 6.45) is 1.30. The van der Waals surface area contributed by atoms with Gasteiger partial charge in [0.1, 0.15) is 5.82 Å². The number of hydrogen-bond donors (Lipinski definition) is 3. The molecule has 1 aromatic heterocycles. The Morgan fingerprint density at radius 1 is 1.20 bits per heavy atom. The summed E-state index contributed by atoms with van der Waals surface area (Å²) < 4.78 is 0. The molecule has 3 N–H and O–H groups in total. The number of nitrogens with one attached hydrogen (secondary N) is 3. The lowest BCUT2D eigenvalue weighted by Crippen LogP contribution is -2.34. The van der Waals surface area contributed by atoms with Crippen LogP contribution in [0.15, 0.2) is 12.1 Å². The molecule has 0 radical (unpaired) electrons. The Morgan fingerprint density at radius 3 is 2.95 bits per heavy atom. The molecule has 5 heteroatoms. The normalized spacial score (nSPS) is 34.8. The Labute approximate surface area is 120 Å². The van der Waals surface area contributed by atoms with Crippen molar-refractivity contribution in [3.8, 4) is 0 Å². The molecule has 2 aliphatic heterocycles. The fraction of sp³-hybridized carbons (Fsp3) is 0.667. The molecular weight excluding hydrogens is 250 g/mol. The molecule has 0 aromatic carbocycles. The summed E-state index contributed by atoms with van der Waals surface area (Å²) in [5.74, 6) is 2.31. The molecule has 3 heterocycles. The number of fused-ring (bicyclic) bond motifs is 2. The van der Waals surface area contributed by atoms with E-state index in [9.17, 15) is 0 Å². The van der Waals surface area contributed by atoms with E-state index in [1.165, 1.54) is 17.8 Å². The zero-order chi connectivity index (χ0) is 13.7. The highest BCUT2D eigenvalue weighted by molar-refractivity contribution is 5.67. The zero-order valence-electron chi connectivity index (χ0n) is 12.2. The van der Waals surface area contributed by atoms with E-state index in [1.807, 2.05) is 0 Å². The quantitative estimate of drug-likeness (QED) is 0.748. The lowest BCUT2D eigenvalue weighted by molar-refractivity contribution is 0.289. The third-order valence-electron chi connectivity index (χ3n) is 4.94. The average Bonchev–Trinajstić information content (AvgIpc) is 3.00. The smallest absolute Gasteiger partial charge is 0.149 e. The van der Waals surface area contributed by atoms with Crippen molar-refractivity contribution in [1.29, 1.82) is 0 Å². The van der Waals surface area contributed by atoms with Gasteiger partial charge >= 0.3 is 0 Å². The maximum atomic E-state index is 4.90. The first kappa shape index (κ1) is 12.4. The molecule has 0 amide bonds. The standard InChI is InChI=1S/C15H23N5/c1-20(2)14-8-16-7-10(14)11-3-4-12-15(19-11)17-6-9-5-13(9)18-12/h3-4,9-10,13-14,16,18H,5-8H2,1-2H3,(H,17,19)/t9?,10-,13?,14-/m1/s1. The van der Waals surface area contributed by atoms with Crippen LogP contribution in [0.3, 0.4) is 0 Å². The van der Waals surface area contributed by atoms with Crippen LogP contribution in [0, 0.1) is 5.92 Å². The molecule has 1 saturated carbocycles. The molecule has 5 nitrogen and oxygen atoms in total. The predicted molar refractivity (Wildman–Crippen MR) is 81.3 cm³/mol. The van der Waals surface area contributed by atoms with Gasteiger partial charge in [0.25, 0.3) is 0 Å². The number of hydrogen-bond acceptors (Lipinski definition) is 5. The second-order valence-electron chi connectivity index (χ2n) is 6.56. The molecule has 2 unspecified atom stereocenters. The van der Waals surface area contributed by atoms with Crippen molar-refractivity contribution in [2.45, 2.75) is 24.4 Å². The van der Waals surface area contributed by atoms with Crippen LogP contribution in [0.25, 0.3) is 0 Å². The second kappa shape index (κ2) is 4.60. The minimum atomic E-state index is 0.481. The van der Waals surface area contributed by atoms with E-state index in [2.05, 4.69) is 47.1 Å². The third-order valence-corrected chi connectivity index (χ3v) is 4.94. The van der Waals surface area contributed by atoms with Crippen LogP contribution in [0.2, 0.25) is 0 Å². The summed E-state index contributed by atoms with van der Waals surface area (Å²) >= 11 is 0. The summed E-state index contributed by atoms with van der Waals surface area (Å²) in [6.45, 7) is 3.13. The predicted octanol–water partition coefficient (Wildman–Crippen LogP) is 0.924. The molecule has 1 aromatic rings. The molecule has 0 bridgehead atoms. The van der Waals surface area contributed by atoms with E-state index in [1.54, 1.807) is 0 Å². The Balaban J connectivity index is 1.61. The fourth-order valence-corrected chi connectivity index (χ4v) is 3.52. The van der Waals surface area contributed by atoms with Gasteiger partial charge in [-0.2, -0.15) is 0 Å². The highest BCUT2D eigenvalue weighted by Gasteiger charge is 2.39. The lowest BCUT2D eigenvalue weighted by Gasteiger charge is -2.25. The first-order valence-electron chi connectivity index (χ1n) is 7.61. The average molecular weight is 273 g/mol. The maximum absolute atomic E-state index is 4.90. The van der Waals surface area contributed by atoms with Gasteiger partial charge in [0, 0.05) is 43.3 Å². The van der Waals surface area contributed by atoms with Crippen molar-refractivity contribution >= 4 is 11.5 Å². The molecule has 1 saturated heterocycles. The van der Waals surface area contributed by atoms with Crippen molar-refractivity contribution in [1.82, 2.24) is 15.2 Å². The largest absolute Gasteiger partial charge is 0.379 e. The SMILES string of the molecule is CN(C)[C@@H]1CNC[C@@H]1c1ccc2c(n1)NCC1CC1N2. The van der Waals surface area contributed by atoms with E-state index in [0.717, 1.165) is 31.4 Å². The van der Waals surface area contributed by atoms with E-state index in [4.69, 9.17) is 4.98 Å². The minimum Gasteiger partial charge on any atom is -0.379 e. The number of nitrogens with zero attached hydrogens (tertiary/aromatic N) is 2. The van der Waals surface area contributed by atoms with Crippen LogP contribution in [0.5, 0.6) is 0 Å². The van der Waals surface area contributed by atoms with Crippen LogP contribution in [0.1, 0.15) is 18.0 Å². The topological polar surface area (TPSA) is 52.2 Å². The van der Waals surface area contributed by atoms with E-state index >= 15 is 0 Å². The van der Waals surface area contributed by atoms with Crippen LogP contribution in [-0.2, 0) is 0 Å². The molecule has 0 spiro atoms. The van der Waals surface area contributed by atoms with Gasteiger partial charge in [-0.1, -0.05) is 0 Å². The van der Waals surface area contributed by atoms with Crippen molar-refractivity contribution < 1.29 is 0 Å². The fourth-order valence-electron chi connectivity index (χ4n) is 3.52. The number of aromatic nitrogens is 1. The lowest BCUT2D eigenvalue weighted by atomic mass is 9.98. The van der Waals surface area contributed by atoms with E-state index in [-0.39, 0.29) is 0 Å². The monoisotopic (exact) mass is 273 g/mol. The van der Waals surface area contributed by atoms with Gasteiger partial charge in [0.2, 0.25) is 0 Å². The van der Waals surface area contributed by atoms with Crippen molar-refractivity contribution in [2.75, 3.05) is 44.4 Å². The summed E-state index contributed by atoms with van der Waals surface area (Å²) in [7, 11) is 4.31. The third kappa shape index (κ3) is 2.05.